The Morgan fingerprint density at radius 2 is 1.97 bits per heavy atom. The van der Waals surface area contributed by atoms with E-state index in [1.807, 2.05) is 54.8 Å². The number of benzene rings is 1. The van der Waals surface area contributed by atoms with Crippen molar-refractivity contribution in [1.82, 2.24) is 14.8 Å². The van der Waals surface area contributed by atoms with Crippen molar-refractivity contribution in [1.29, 1.82) is 5.26 Å². The van der Waals surface area contributed by atoms with E-state index in [1.165, 1.54) is 13.0 Å². The summed E-state index contributed by atoms with van der Waals surface area (Å²) in [5.74, 6) is -1.55. The van der Waals surface area contributed by atoms with Crippen LogP contribution < -0.4 is 5.32 Å². The van der Waals surface area contributed by atoms with Crippen molar-refractivity contribution in [3.8, 4) is 11.8 Å². The number of nitrogens with one attached hydrogen (secondary N) is 1. The molecule has 1 aliphatic heterocycles. The normalized spacial score (nSPS) is 14.7. The van der Waals surface area contributed by atoms with Crippen molar-refractivity contribution in [2.24, 2.45) is 0 Å². The lowest BCUT2D eigenvalue weighted by Crippen LogP contribution is -2.41. The van der Waals surface area contributed by atoms with Crippen LogP contribution in [0.2, 0.25) is 0 Å². The van der Waals surface area contributed by atoms with E-state index in [9.17, 15) is 19.6 Å². The minimum absolute atomic E-state index is 0.211. The standard InChI is InChI=1S/C22H21BrN4O4/c1-13-10-16(14(2)27(13)19-6-4-18(23)5-7-19)11-17(12-24)21(29)31-15(3)20(28)26-9-8-25-22(26)30/h4-7,10-11,15H,8-9H2,1-3H3,(H,25,30)/b17-11+. The van der Waals surface area contributed by atoms with Crippen LogP contribution >= 0.6 is 15.9 Å². The van der Waals surface area contributed by atoms with Gasteiger partial charge in [0, 0.05) is 34.6 Å². The summed E-state index contributed by atoms with van der Waals surface area (Å²) in [6, 6.07) is 11.0. The fraction of sp³-hybridized carbons (Fsp3) is 0.273. The number of aryl methyl sites for hydroxylation is 1. The Morgan fingerprint density at radius 1 is 1.29 bits per heavy atom. The van der Waals surface area contributed by atoms with Crippen LogP contribution in [0.1, 0.15) is 23.9 Å². The van der Waals surface area contributed by atoms with Gasteiger partial charge in [0.05, 0.1) is 0 Å². The van der Waals surface area contributed by atoms with Gasteiger partial charge in [-0.05, 0) is 62.7 Å². The number of carbonyl (C=O) groups excluding carboxylic acids is 3. The second kappa shape index (κ2) is 9.18. The molecule has 31 heavy (non-hydrogen) atoms. The van der Waals surface area contributed by atoms with Gasteiger partial charge in [0.1, 0.15) is 11.6 Å². The van der Waals surface area contributed by atoms with Gasteiger partial charge in [-0.2, -0.15) is 5.26 Å². The predicted octanol–water partition coefficient (Wildman–Crippen LogP) is 3.25. The van der Waals surface area contributed by atoms with Gasteiger partial charge in [0.25, 0.3) is 5.91 Å². The largest absolute Gasteiger partial charge is 0.448 e. The number of nitrogens with zero attached hydrogens (tertiary/aromatic N) is 3. The lowest BCUT2D eigenvalue weighted by Gasteiger charge is -2.17. The molecule has 1 atom stereocenters. The number of urea groups is 1. The van der Waals surface area contributed by atoms with E-state index in [1.54, 1.807) is 0 Å². The average molecular weight is 485 g/mol. The van der Waals surface area contributed by atoms with Crippen molar-refractivity contribution < 1.29 is 19.1 Å². The van der Waals surface area contributed by atoms with Gasteiger partial charge >= 0.3 is 12.0 Å². The lowest BCUT2D eigenvalue weighted by molar-refractivity contribution is -0.153. The number of nitriles is 1. The number of carbonyl (C=O) groups is 3. The fourth-order valence-corrected chi connectivity index (χ4v) is 3.65. The van der Waals surface area contributed by atoms with Crippen LogP contribution in [-0.4, -0.2) is 46.6 Å². The van der Waals surface area contributed by atoms with Crippen LogP contribution in [-0.2, 0) is 14.3 Å². The third kappa shape index (κ3) is 4.70. The maximum Gasteiger partial charge on any atom is 0.349 e. The Morgan fingerprint density at radius 3 is 2.55 bits per heavy atom. The Kier molecular flexibility index (Phi) is 6.61. The summed E-state index contributed by atoms with van der Waals surface area (Å²) in [7, 11) is 0. The van der Waals surface area contributed by atoms with E-state index in [2.05, 4.69) is 21.2 Å². The minimum Gasteiger partial charge on any atom is -0.448 e. The highest BCUT2D eigenvalue weighted by molar-refractivity contribution is 9.10. The predicted molar refractivity (Wildman–Crippen MR) is 117 cm³/mol. The first-order chi connectivity index (χ1) is 14.7. The van der Waals surface area contributed by atoms with Crippen LogP contribution in [0.5, 0.6) is 0 Å². The molecule has 2 heterocycles. The van der Waals surface area contributed by atoms with Crippen LogP contribution in [0.4, 0.5) is 4.79 Å². The second-order valence-corrected chi connectivity index (χ2v) is 7.99. The number of hydrogen-bond donors (Lipinski definition) is 1. The minimum atomic E-state index is -1.19. The molecule has 0 radical (unpaired) electrons. The van der Waals surface area contributed by atoms with E-state index < -0.39 is 24.0 Å². The van der Waals surface area contributed by atoms with Crippen molar-refractivity contribution in [3.05, 3.63) is 57.3 Å². The number of hydrogen-bond acceptors (Lipinski definition) is 5. The highest BCUT2D eigenvalue weighted by Crippen LogP contribution is 2.24. The van der Waals surface area contributed by atoms with Gasteiger partial charge in [-0.3, -0.25) is 9.69 Å². The van der Waals surface area contributed by atoms with Crippen molar-refractivity contribution in [2.45, 2.75) is 26.9 Å². The second-order valence-electron chi connectivity index (χ2n) is 7.08. The molecule has 1 aromatic carbocycles. The number of aromatic nitrogens is 1. The van der Waals surface area contributed by atoms with Crippen LogP contribution in [0.15, 0.2) is 40.4 Å². The maximum absolute atomic E-state index is 12.5. The first kappa shape index (κ1) is 22.3. The van der Waals surface area contributed by atoms with E-state index in [4.69, 9.17) is 4.74 Å². The molecule has 0 saturated carbocycles. The average Bonchev–Trinajstić information content (AvgIpc) is 3.28. The Labute approximate surface area is 188 Å². The van der Waals surface area contributed by atoms with Crippen LogP contribution in [0, 0.1) is 25.2 Å². The number of esters is 1. The molecule has 0 bridgehead atoms. The molecule has 1 saturated heterocycles. The first-order valence-corrected chi connectivity index (χ1v) is 10.4. The monoisotopic (exact) mass is 484 g/mol. The van der Waals surface area contributed by atoms with E-state index in [0.717, 1.165) is 26.4 Å². The SMILES string of the molecule is Cc1cc(/C=C(\C#N)C(=O)OC(C)C(=O)N2CCNC2=O)c(C)n1-c1ccc(Br)cc1. The van der Waals surface area contributed by atoms with Crippen LogP contribution in [0.3, 0.4) is 0 Å². The molecular weight excluding hydrogens is 464 g/mol. The highest BCUT2D eigenvalue weighted by atomic mass is 79.9. The third-order valence-electron chi connectivity index (χ3n) is 4.95. The number of imide groups is 1. The lowest BCUT2D eigenvalue weighted by atomic mass is 10.1. The molecule has 0 spiro atoms. The Hall–Kier alpha value is -3.38. The van der Waals surface area contributed by atoms with Gasteiger partial charge in [0.15, 0.2) is 6.10 Å². The fourth-order valence-electron chi connectivity index (χ4n) is 3.39. The molecule has 1 N–H and O–H groups in total. The van der Waals surface area contributed by atoms with Gasteiger partial charge in [0.2, 0.25) is 0 Å². The zero-order valence-electron chi connectivity index (χ0n) is 17.3. The molecular formula is C22H21BrN4O4. The summed E-state index contributed by atoms with van der Waals surface area (Å²) in [5, 5.41) is 12.0. The molecule has 2 aromatic rings. The maximum atomic E-state index is 12.5. The molecule has 1 unspecified atom stereocenters. The summed E-state index contributed by atoms with van der Waals surface area (Å²) in [6.45, 7) is 5.75. The van der Waals surface area contributed by atoms with Crippen molar-refractivity contribution >= 4 is 39.9 Å². The molecule has 8 nitrogen and oxygen atoms in total. The van der Waals surface area contributed by atoms with E-state index in [0.29, 0.717) is 12.1 Å². The quantitative estimate of drug-likeness (QED) is 0.398. The molecule has 9 heteroatoms. The van der Waals surface area contributed by atoms with Gasteiger partial charge < -0.3 is 14.6 Å². The van der Waals surface area contributed by atoms with Gasteiger partial charge in [-0.25, -0.2) is 9.59 Å². The molecule has 1 aliphatic rings. The van der Waals surface area contributed by atoms with Crippen molar-refractivity contribution in [2.75, 3.05) is 13.1 Å². The third-order valence-corrected chi connectivity index (χ3v) is 5.48. The van der Waals surface area contributed by atoms with Gasteiger partial charge in [-0.15, -0.1) is 0 Å². The number of ether oxygens (including phenoxy) is 1. The van der Waals surface area contributed by atoms with Gasteiger partial charge in [-0.1, -0.05) is 15.9 Å². The molecule has 1 fully saturated rings. The molecule has 1 aromatic heterocycles. The van der Waals surface area contributed by atoms with E-state index in [-0.39, 0.29) is 12.1 Å². The zero-order chi connectivity index (χ0) is 22.7. The summed E-state index contributed by atoms with van der Waals surface area (Å²) in [6.07, 6.45) is 0.253. The van der Waals surface area contributed by atoms with Crippen molar-refractivity contribution in [3.63, 3.8) is 0 Å². The number of amides is 3. The summed E-state index contributed by atoms with van der Waals surface area (Å²) in [4.78, 5) is 37.4. The molecule has 3 rings (SSSR count). The molecule has 160 valence electrons. The summed E-state index contributed by atoms with van der Waals surface area (Å²) >= 11 is 3.42. The zero-order valence-corrected chi connectivity index (χ0v) is 18.9. The van der Waals surface area contributed by atoms with E-state index >= 15 is 0 Å². The summed E-state index contributed by atoms with van der Waals surface area (Å²) < 4.78 is 8.13. The summed E-state index contributed by atoms with van der Waals surface area (Å²) in [5.41, 5.74) is 3.17. The molecule has 3 amide bonds. The Bertz CT molecular complexity index is 1110. The first-order valence-electron chi connectivity index (χ1n) is 9.59. The number of halogens is 1. The molecule has 0 aliphatic carbocycles. The highest BCUT2D eigenvalue weighted by Gasteiger charge is 2.32. The Balaban J connectivity index is 1.81. The smallest absolute Gasteiger partial charge is 0.349 e. The van der Waals surface area contributed by atoms with Crippen LogP contribution in [0.25, 0.3) is 11.8 Å². The topological polar surface area (TPSA) is 104 Å². The number of rotatable bonds is 5.